The average Bonchev–Trinajstić information content (AvgIpc) is 2.04. The topological polar surface area (TPSA) is 17.1 Å². The Hall–Kier alpha value is -0.530. The van der Waals surface area contributed by atoms with Crippen LogP contribution in [0.5, 0.6) is 0 Å². The van der Waals surface area contributed by atoms with Crippen LogP contribution in [-0.2, 0) is 0 Å². The fraction of sp³-hybridized carbons (Fsp3) is 0.222. The van der Waals surface area contributed by atoms with Gasteiger partial charge in [-0.15, -0.1) is 0 Å². The highest BCUT2D eigenvalue weighted by atomic mass is 35.5. The van der Waals surface area contributed by atoms with Crippen molar-refractivity contribution < 1.29 is 4.79 Å². The molecule has 0 heterocycles. The maximum Gasteiger partial charge on any atom is 0.195 e. The highest BCUT2D eigenvalue weighted by Gasteiger charge is 2.13. The van der Waals surface area contributed by atoms with Crippen molar-refractivity contribution in [2.24, 2.45) is 0 Å². The van der Waals surface area contributed by atoms with Gasteiger partial charge in [0.1, 0.15) is 0 Å². The van der Waals surface area contributed by atoms with E-state index in [2.05, 4.69) is 0 Å². The lowest BCUT2D eigenvalue weighted by molar-refractivity contribution is 0.101. The second-order valence-electron chi connectivity index (χ2n) is 2.53. The number of carbonyl (C=O) groups excluding carboxylic acids is 1. The lowest BCUT2D eigenvalue weighted by Gasteiger charge is -2.00. The minimum atomic E-state index is -0.965. The molecule has 0 N–H and O–H groups in total. The number of hydrogen-bond acceptors (Lipinski definition) is 1. The minimum absolute atomic E-state index is 0.252. The zero-order chi connectivity index (χ0) is 9.14. The third kappa shape index (κ3) is 2.23. The van der Waals surface area contributed by atoms with Gasteiger partial charge in [-0.25, -0.2) is 0 Å². The van der Waals surface area contributed by atoms with Crippen molar-refractivity contribution in [2.75, 3.05) is 0 Å². The Morgan fingerprint density at radius 3 is 2.17 bits per heavy atom. The van der Waals surface area contributed by atoms with Gasteiger partial charge < -0.3 is 0 Å². The number of ketones is 1. The molecule has 0 bridgehead atoms. The summed E-state index contributed by atoms with van der Waals surface area (Å²) in [7, 11) is 0. The molecule has 0 saturated carbocycles. The molecule has 0 radical (unpaired) electrons. The summed E-state index contributed by atoms with van der Waals surface area (Å²) in [6.07, 6.45) is 0. The van der Waals surface area contributed by atoms with Gasteiger partial charge in [0, 0.05) is 5.56 Å². The van der Waals surface area contributed by atoms with Gasteiger partial charge in [0.25, 0.3) is 0 Å². The van der Waals surface area contributed by atoms with E-state index >= 15 is 0 Å². The van der Waals surface area contributed by atoms with Gasteiger partial charge in [0.05, 0.1) is 0 Å². The molecule has 3 heteroatoms. The smallest absolute Gasteiger partial charge is 0.195 e. The molecule has 0 amide bonds. The molecule has 0 spiro atoms. The second-order valence-corrected chi connectivity index (χ2v) is 3.63. The molecule has 0 unspecified atom stereocenters. The Morgan fingerprint density at radius 1 is 1.25 bits per heavy atom. The summed E-state index contributed by atoms with van der Waals surface area (Å²) in [5.41, 5.74) is 1.66. The molecular weight excluding hydrogens is 195 g/mol. The van der Waals surface area contributed by atoms with Crippen molar-refractivity contribution in [3.05, 3.63) is 35.4 Å². The lowest BCUT2D eigenvalue weighted by Crippen LogP contribution is -2.07. The average molecular weight is 203 g/mol. The maximum absolute atomic E-state index is 11.2. The fourth-order valence-corrected chi connectivity index (χ4v) is 1.10. The lowest BCUT2D eigenvalue weighted by atomic mass is 10.1. The molecule has 0 aromatic heterocycles. The zero-order valence-corrected chi connectivity index (χ0v) is 8.06. The van der Waals surface area contributed by atoms with Crippen molar-refractivity contribution >= 4 is 29.0 Å². The Bertz CT molecular complexity index is 277. The SMILES string of the molecule is Cc1ccc(C(=O)C(Cl)Cl)cc1. The van der Waals surface area contributed by atoms with E-state index in [0.29, 0.717) is 5.56 Å². The van der Waals surface area contributed by atoms with Crippen molar-refractivity contribution in [3.8, 4) is 0 Å². The Labute approximate surface area is 81.3 Å². The van der Waals surface area contributed by atoms with Crippen LogP contribution >= 0.6 is 23.2 Å². The van der Waals surface area contributed by atoms with Crippen molar-refractivity contribution in [3.63, 3.8) is 0 Å². The minimum Gasteiger partial charge on any atom is -0.291 e. The Balaban J connectivity index is 2.90. The molecule has 1 rings (SSSR count). The summed E-state index contributed by atoms with van der Waals surface area (Å²) < 4.78 is 0. The van der Waals surface area contributed by atoms with Crippen LogP contribution in [0.3, 0.4) is 0 Å². The number of Topliss-reactive ketones (excluding diaryl/α,β-unsaturated/α-hetero) is 1. The molecule has 0 saturated heterocycles. The summed E-state index contributed by atoms with van der Waals surface area (Å²) in [4.78, 5) is 10.2. The van der Waals surface area contributed by atoms with E-state index < -0.39 is 4.84 Å². The van der Waals surface area contributed by atoms with Crippen molar-refractivity contribution in [1.82, 2.24) is 0 Å². The summed E-state index contributed by atoms with van der Waals surface area (Å²) in [6, 6.07) is 7.14. The molecule has 1 aromatic carbocycles. The fourth-order valence-electron chi connectivity index (χ4n) is 0.844. The van der Waals surface area contributed by atoms with Crippen LogP contribution in [0.4, 0.5) is 0 Å². The van der Waals surface area contributed by atoms with Gasteiger partial charge in [0.15, 0.2) is 10.6 Å². The molecule has 64 valence electrons. The van der Waals surface area contributed by atoms with E-state index in [0.717, 1.165) is 5.56 Å². The van der Waals surface area contributed by atoms with Gasteiger partial charge in [0.2, 0.25) is 0 Å². The summed E-state index contributed by atoms with van der Waals surface area (Å²) in [5.74, 6) is -0.252. The first-order chi connectivity index (χ1) is 5.61. The van der Waals surface area contributed by atoms with Crippen LogP contribution in [0.15, 0.2) is 24.3 Å². The molecular formula is C9H8Cl2O. The van der Waals surface area contributed by atoms with Crippen molar-refractivity contribution in [2.45, 2.75) is 11.8 Å². The number of halogens is 2. The predicted molar refractivity (Wildman–Crippen MR) is 51.0 cm³/mol. The maximum atomic E-state index is 11.2. The monoisotopic (exact) mass is 202 g/mol. The molecule has 0 atom stereocenters. The highest BCUT2D eigenvalue weighted by molar-refractivity contribution is 6.55. The zero-order valence-electron chi connectivity index (χ0n) is 6.55. The number of alkyl halides is 2. The molecule has 0 aliphatic carbocycles. The Kier molecular flexibility index (Phi) is 3.12. The van der Waals surface area contributed by atoms with E-state index in [-0.39, 0.29) is 5.78 Å². The van der Waals surface area contributed by atoms with Gasteiger partial charge >= 0.3 is 0 Å². The van der Waals surface area contributed by atoms with E-state index in [1.165, 1.54) is 0 Å². The van der Waals surface area contributed by atoms with Crippen LogP contribution in [0, 0.1) is 6.92 Å². The Morgan fingerprint density at radius 2 is 1.75 bits per heavy atom. The van der Waals surface area contributed by atoms with Gasteiger partial charge in [-0.1, -0.05) is 53.0 Å². The van der Waals surface area contributed by atoms with Crippen LogP contribution in [0.2, 0.25) is 0 Å². The summed E-state index contributed by atoms with van der Waals surface area (Å²) in [5, 5.41) is 0. The van der Waals surface area contributed by atoms with Gasteiger partial charge in [-0.05, 0) is 6.92 Å². The third-order valence-corrected chi connectivity index (χ3v) is 1.93. The molecule has 0 fully saturated rings. The van der Waals surface area contributed by atoms with Gasteiger partial charge in [-0.3, -0.25) is 4.79 Å². The molecule has 0 aliphatic rings. The predicted octanol–water partition coefficient (Wildman–Crippen LogP) is 2.98. The third-order valence-electron chi connectivity index (χ3n) is 1.53. The van der Waals surface area contributed by atoms with Crippen molar-refractivity contribution in [1.29, 1.82) is 0 Å². The molecule has 1 nitrogen and oxygen atoms in total. The van der Waals surface area contributed by atoms with E-state index in [1.54, 1.807) is 12.1 Å². The van der Waals surface area contributed by atoms with Crippen LogP contribution in [0.1, 0.15) is 15.9 Å². The van der Waals surface area contributed by atoms with Gasteiger partial charge in [-0.2, -0.15) is 0 Å². The van der Waals surface area contributed by atoms with E-state index in [1.807, 2.05) is 19.1 Å². The highest BCUT2D eigenvalue weighted by Crippen LogP contribution is 2.12. The quantitative estimate of drug-likeness (QED) is 0.533. The van der Waals surface area contributed by atoms with Crippen LogP contribution in [-0.4, -0.2) is 10.6 Å². The summed E-state index contributed by atoms with van der Waals surface area (Å²) >= 11 is 10.8. The first-order valence-electron chi connectivity index (χ1n) is 3.50. The summed E-state index contributed by atoms with van der Waals surface area (Å²) in [6.45, 7) is 1.95. The normalized spacial score (nSPS) is 10.3. The first kappa shape index (κ1) is 9.56. The standard InChI is InChI=1S/C9H8Cl2O/c1-6-2-4-7(5-3-6)8(12)9(10)11/h2-5,9H,1H3. The number of rotatable bonds is 2. The number of benzene rings is 1. The van der Waals surface area contributed by atoms with Crippen LogP contribution < -0.4 is 0 Å². The van der Waals surface area contributed by atoms with E-state index in [4.69, 9.17) is 23.2 Å². The molecule has 1 aromatic rings. The van der Waals surface area contributed by atoms with E-state index in [9.17, 15) is 4.79 Å². The molecule has 12 heavy (non-hydrogen) atoms. The number of hydrogen-bond donors (Lipinski definition) is 0. The van der Waals surface area contributed by atoms with Crippen LogP contribution in [0.25, 0.3) is 0 Å². The second kappa shape index (κ2) is 3.92. The number of carbonyl (C=O) groups is 1. The molecule has 0 aliphatic heterocycles. The largest absolute Gasteiger partial charge is 0.291 e. The number of aryl methyl sites for hydroxylation is 1. The first-order valence-corrected chi connectivity index (χ1v) is 4.37.